The summed E-state index contributed by atoms with van der Waals surface area (Å²) in [6, 6.07) is 1.47. The number of carboxylic acid groups (broad SMARTS) is 1. The number of phenolic OH excluding ortho intramolecular Hbond substituents is 2. The topological polar surface area (TPSA) is 187 Å². The number of halogens is 1. The first-order valence-corrected chi connectivity index (χ1v) is 11.2. The molecule has 34 heavy (non-hydrogen) atoms. The minimum absolute atomic E-state index is 0.0350. The third kappa shape index (κ3) is 4.14. The number of carboxylic acids is 1. The zero-order valence-electron chi connectivity index (χ0n) is 17.5. The molecule has 0 radical (unpaired) electrons. The van der Waals surface area contributed by atoms with Gasteiger partial charge in [-0.25, -0.2) is 15.0 Å². The van der Waals surface area contributed by atoms with Crippen molar-refractivity contribution < 1.29 is 44.1 Å². The van der Waals surface area contributed by atoms with Gasteiger partial charge >= 0.3 is 12.1 Å². The molecule has 3 amide bonds. The summed E-state index contributed by atoms with van der Waals surface area (Å²) in [5.41, 5.74) is 4.67. The molecule has 5 N–H and O–H groups in total. The molecule has 1 unspecified atom stereocenters. The number of thioether (sulfide) groups is 1. The average Bonchev–Trinajstić information content (AvgIpc) is 3.36. The van der Waals surface area contributed by atoms with Crippen LogP contribution in [-0.4, -0.2) is 78.7 Å². The van der Waals surface area contributed by atoms with Crippen LogP contribution >= 0.6 is 23.4 Å². The van der Waals surface area contributed by atoms with Gasteiger partial charge in [0.15, 0.2) is 11.5 Å². The van der Waals surface area contributed by atoms with E-state index in [1.165, 1.54) is 28.8 Å². The number of nitrogens with zero attached hydrogens (tertiary/aromatic N) is 2. The maximum Gasteiger partial charge on any atom is 0.426 e. The Kier molecular flexibility index (Phi) is 6.12. The van der Waals surface area contributed by atoms with Crippen LogP contribution in [0.15, 0.2) is 17.3 Å². The molecule has 3 heterocycles. The van der Waals surface area contributed by atoms with Gasteiger partial charge < -0.3 is 29.8 Å². The molecule has 4 atom stereocenters. The standard InChI is InChI=1S/C19H19ClN4O9S/c1-19(15(17(29)30)24-11(26)5-12(24)34-19)6-32-18(31)22-21-16(28)10-4-8(23-33-10)7-2-3-9(25)14(27)13(7)20/h2-3,10,12,15,25,27H,4-6H2,1H3,(H,21,28)(H,22,31)(H,29,30)/t10?,12-,15+,19+/m1/s1. The molecule has 0 bridgehead atoms. The van der Waals surface area contributed by atoms with Gasteiger partial charge in [0.1, 0.15) is 12.6 Å². The monoisotopic (exact) mass is 514 g/mol. The lowest BCUT2D eigenvalue weighted by molar-refractivity contribution is -0.157. The SMILES string of the molecule is C[C@@]1(COC(=O)NNC(=O)C2CC(c3ccc(O)c(O)c3Cl)=NO2)S[C@@H]2CC(=O)N2[C@H]1C(=O)O. The van der Waals surface area contributed by atoms with Crippen molar-refractivity contribution in [1.82, 2.24) is 15.8 Å². The predicted octanol–water partition coefficient (Wildman–Crippen LogP) is 0.519. The summed E-state index contributed by atoms with van der Waals surface area (Å²) in [5, 5.41) is 32.1. The Bertz CT molecular complexity index is 1120. The van der Waals surface area contributed by atoms with Crippen molar-refractivity contribution in [1.29, 1.82) is 0 Å². The summed E-state index contributed by atoms with van der Waals surface area (Å²) in [7, 11) is 0. The average molecular weight is 515 g/mol. The van der Waals surface area contributed by atoms with Crippen molar-refractivity contribution in [2.45, 2.75) is 42.0 Å². The quantitative estimate of drug-likeness (QED) is 0.210. The largest absolute Gasteiger partial charge is 0.504 e. The summed E-state index contributed by atoms with van der Waals surface area (Å²) >= 11 is 7.23. The number of hydrogen-bond acceptors (Lipinski definition) is 10. The Labute approximate surface area is 201 Å². The zero-order valence-corrected chi connectivity index (χ0v) is 19.1. The fraction of sp³-hybridized carbons (Fsp3) is 0.421. The number of aromatic hydroxyl groups is 2. The highest BCUT2D eigenvalue weighted by atomic mass is 35.5. The van der Waals surface area contributed by atoms with Crippen LogP contribution in [0.3, 0.4) is 0 Å². The molecule has 1 aromatic carbocycles. The van der Waals surface area contributed by atoms with E-state index in [0.29, 0.717) is 0 Å². The molecule has 3 aliphatic heterocycles. The van der Waals surface area contributed by atoms with Gasteiger partial charge in [-0.1, -0.05) is 16.8 Å². The third-order valence-electron chi connectivity index (χ3n) is 5.59. The molecule has 0 aliphatic carbocycles. The maximum atomic E-state index is 12.3. The first-order chi connectivity index (χ1) is 16.0. The molecule has 0 saturated carbocycles. The minimum atomic E-state index is -1.20. The van der Waals surface area contributed by atoms with Crippen LogP contribution < -0.4 is 10.9 Å². The van der Waals surface area contributed by atoms with E-state index < -0.39 is 46.4 Å². The van der Waals surface area contributed by atoms with E-state index in [4.69, 9.17) is 21.2 Å². The van der Waals surface area contributed by atoms with Crippen molar-refractivity contribution in [2.24, 2.45) is 5.16 Å². The number of ether oxygens (including phenoxy) is 1. The molecular weight excluding hydrogens is 496 g/mol. The number of β-lactam (4-membered cyclic amide) rings is 1. The molecule has 0 spiro atoms. The number of phenols is 2. The second kappa shape index (κ2) is 8.76. The first-order valence-electron chi connectivity index (χ1n) is 9.89. The van der Waals surface area contributed by atoms with E-state index in [2.05, 4.69) is 10.6 Å². The summed E-state index contributed by atoms with van der Waals surface area (Å²) in [6.07, 6.45) is -1.96. The van der Waals surface area contributed by atoms with Crippen molar-refractivity contribution in [2.75, 3.05) is 6.61 Å². The number of fused-ring (bicyclic) bond motifs is 1. The van der Waals surface area contributed by atoms with Crippen LogP contribution in [0.5, 0.6) is 11.5 Å². The zero-order chi connectivity index (χ0) is 24.8. The summed E-state index contributed by atoms with van der Waals surface area (Å²) < 4.78 is 4.03. The number of rotatable bonds is 5. The number of nitrogens with one attached hydrogen (secondary N) is 2. The maximum absolute atomic E-state index is 12.3. The van der Waals surface area contributed by atoms with Crippen molar-refractivity contribution in [3.8, 4) is 11.5 Å². The fourth-order valence-electron chi connectivity index (χ4n) is 3.86. The Hall–Kier alpha value is -3.39. The first kappa shape index (κ1) is 23.8. The second-order valence-corrected chi connectivity index (χ2v) is 10.0. The molecular formula is C19H19ClN4O9S. The van der Waals surface area contributed by atoms with Crippen LogP contribution in [0.25, 0.3) is 0 Å². The van der Waals surface area contributed by atoms with Gasteiger partial charge in [0.05, 0.1) is 27.3 Å². The summed E-state index contributed by atoms with van der Waals surface area (Å²) in [5.74, 6) is -3.17. The Morgan fingerprint density at radius 2 is 2.06 bits per heavy atom. The molecule has 182 valence electrons. The number of carbonyl (C=O) groups is 4. The molecule has 15 heteroatoms. The predicted molar refractivity (Wildman–Crippen MR) is 116 cm³/mol. The molecule has 2 fully saturated rings. The van der Waals surface area contributed by atoms with Crippen LogP contribution in [-0.2, 0) is 24.0 Å². The van der Waals surface area contributed by atoms with Crippen LogP contribution in [0.4, 0.5) is 4.79 Å². The van der Waals surface area contributed by atoms with Crippen LogP contribution in [0.1, 0.15) is 25.3 Å². The minimum Gasteiger partial charge on any atom is -0.504 e. The number of oxime groups is 1. The fourth-order valence-corrected chi connectivity index (χ4v) is 5.80. The Morgan fingerprint density at radius 3 is 2.74 bits per heavy atom. The number of aliphatic carboxylic acids is 1. The number of amides is 3. The summed E-state index contributed by atoms with van der Waals surface area (Å²) in [6.45, 7) is 1.28. The van der Waals surface area contributed by atoms with E-state index in [1.54, 1.807) is 6.92 Å². The molecule has 0 aromatic heterocycles. The van der Waals surface area contributed by atoms with E-state index in [0.717, 1.165) is 0 Å². The highest BCUT2D eigenvalue weighted by Gasteiger charge is 2.61. The van der Waals surface area contributed by atoms with E-state index in [-0.39, 0.29) is 47.0 Å². The number of carbonyl (C=O) groups excluding carboxylic acids is 3. The highest BCUT2D eigenvalue weighted by molar-refractivity contribution is 8.01. The van der Waals surface area contributed by atoms with Gasteiger partial charge in [0.25, 0.3) is 5.91 Å². The van der Waals surface area contributed by atoms with Gasteiger partial charge in [-0.3, -0.25) is 15.0 Å². The van der Waals surface area contributed by atoms with Gasteiger partial charge in [0, 0.05) is 12.0 Å². The summed E-state index contributed by atoms with van der Waals surface area (Å²) in [4.78, 5) is 54.1. The van der Waals surface area contributed by atoms with Gasteiger partial charge in [-0.15, -0.1) is 11.8 Å². The number of hydrazine groups is 1. The third-order valence-corrected chi connectivity index (χ3v) is 7.52. The smallest absolute Gasteiger partial charge is 0.426 e. The van der Waals surface area contributed by atoms with Gasteiger partial charge in [0.2, 0.25) is 12.0 Å². The van der Waals surface area contributed by atoms with Crippen LogP contribution in [0, 0.1) is 0 Å². The molecule has 13 nitrogen and oxygen atoms in total. The molecule has 2 saturated heterocycles. The Balaban J connectivity index is 1.27. The lowest BCUT2D eigenvalue weighted by Crippen LogP contribution is -2.58. The van der Waals surface area contributed by atoms with Gasteiger partial charge in [-0.05, 0) is 19.1 Å². The van der Waals surface area contributed by atoms with Gasteiger partial charge in [-0.2, -0.15) is 0 Å². The van der Waals surface area contributed by atoms with E-state index >= 15 is 0 Å². The van der Waals surface area contributed by atoms with Crippen molar-refractivity contribution >= 4 is 53.0 Å². The molecule has 3 aliphatic rings. The van der Waals surface area contributed by atoms with E-state index in [9.17, 15) is 34.5 Å². The van der Waals surface area contributed by atoms with Crippen molar-refractivity contribution in [3.63, 3.8) is 0 Å². The van der Waals surface area contributed by atoms with Crippen LogP contribution in [0.2, 0.25) is 5.02 Å². The lowest BCUT2D eigenvalue weighted by Gasteiger charge is -2.36. The molecule has 4 rings (SSSR count). The molecule has 1 aromatic rings. The lowest BCUT2D eigenvalue weighted by atomic mass is 9.97. The van der Waals surface area contributed by atoms with Crippen molar-refractivity contribution in [3.05, 3.63) is 22.7 Å². The number of hydrogen-bond donors (Lipinski definition) is 5. The normalized spacial score (nSPS) is 27.2. The van der Waals surface area contributed by atoms with E-state index in [1.807, 2.05) is 5.43 Å². The second-order valence-electron chi connectivity index (χ2n) is 7.95. The Morgan fingerprint density at radius 1 is 1.32 bits per heavy atom. The number of benzene rings is 1. The highest BCUT2D eigenvalue weighted by Crippen LogP contribution is 2.51.